The van der Waals surface area contributed by atoms with Gasteiger partial charge in [0, 0.05) is 0 Å². The van der Waals surface area contributed by atoms with Crippen molar-refractivity contribution in [2.24, 2.45) is 0 Å². The van der Waals surface area contributed by atoms with E-state index < -0.39 is 8.07 Å². The Labute approximate surface area is 396 Å². The van der Waals surface area contributed by atoms with Crippen LogP contribution in [0.2, 0.25) is 0 Å². The van der Waals surface area contributed by atoms with Gasteiger partial charge in [0.05, 0.1) is 0 Å². The molecule has 1 aliphatic carbocycles. The number of halogens is 3. The van der Waals surface area contributed by atoms with Gasteiger partial charge < -0.3 is 37.2 Å². The number of benzene rings is 4. The Morgan fingerprint density at radius 1 is 0.424 bits per heavy atom. The smallest absolute Gasteiger partial charge is 1.00 e. The maximum Gasteiger partial charge on any atom is 4.00 e. The van der Waals surface area contributed by atoms with E-state index in [4.69, 9.17) is 0 Å². The third kappa shape index (κ3) is 12.4. The predicted octanol–water partition coefficient (Wildman–Crippen LogP) is 3.79. The van der Waals surface area contributed by atoms with Crippen LogP contribution in [0.3, 0.4) is 0 Å². The van der Waals surface area contributed by atoms with Gasteiger partial charge in [0.25, 0.3) is 0 Å². The van der Waals surface area contributed by atoms with Crippen molar-refractivity contribution in [2.45, 2.75) is 170 Å². The summed E-state index contributed by atoms with van der Waals surface area (Å²) < 4.78 is 0. The topological polar surface area (TPSA) is 0 Å². The second kappa shape index (κ2) is 19.3. The molecule has 5 heteroatoms. The van der Waals surface area contributed by atoms with Crippen molar-refractivity contribution in [1.29, 1.82) is 0 Å². The van der Waals surface area contributed by atoms with Crippen LogP contribution < -0.4 is 52.8 Å². The van der Waals surface area contributed by atoms with E-state index in [-0.39, 0.29) is 91.4 Å². The van der Waals surface area contributed by atoms with E-state index in [2.05, 4.69) is 222 Å². The van der Waals surface area contributed by atoms with Crippen LogP contribution in [0.1, 0.15) is 170 Å². The van der Waals surface area contributed by atoms with E-state index in [0.717, 1.165) is 12.8 Å². The summed E-state index contributed by atoms with van der Waals surface area (Å²) in [6.07, 6.45) is 8.57. The summed E-state index contributed by atoms with van der Waals surface area (Å²) in [4.78, 5) is 0. The Hall–Kier alpha value is -1.84. The number of allylic oxidation sites excluding steroid dienone is 4. The summed E-state index contributed by atoms with van der Waals surface area (Å²) in [5.41, 5.74) is 11.0. The molecule has 5 rings (SSSR count). The van der Waals surface area contributed by atoms with Crippen molar-refractivity contribution in [3.63, 3.8) is 0 Å². The summed E-state index contributed by atoms with van der Waals surface area (Å²) in [5, 5.41) is 5.93. The fourth-order valence-corrected chi connectivity index (χ4v) is 12.9. The monoisotopic (exact) mass is 902 g/mol. The van der Waals surface area contributed by atoms with Gasteiger partial charge in [0.15, 0.2) is 8.07 Å². The SMILES string of the molecule is CC(C)(C)c1cc(C(C)(C)C)cc([Si](C2=[C-]C(Cc3ccccc3)=CC2)(c2cc(C(C)(C)C)cc(C(C)(C)C)c2)c2cc(C(C)(C)C)cc(C(C)(C)C)c2)c1.[Cl-].[Cl-].[Cl-].[Ti+4]. The van der Waals surface area contributed by atoms with Crippen molar-refractivity contribution in [1.82, 2.24) is 0 Å². The zero-order valence-electron chi connectivity index (χ0n) is 39.7. The quantitative estimate of drug-likeness (QED) is 0.157. The molecule has 0 aromatic heterocycles. The van der Waals surface area contributed by atoms with Crippen molar-refractivity contribution >= 4 is 23.6 Å². The van der Waals surface area contributed by atoms with E-state index in [1.54, 1.807) is 0 Å². The van der Waals surface area contributed by atoms with Gasteiger partial charge >= 0.3 is 21.7 Å². The maximum atomic E-state index is 4.26. The first-order valence-corrected chi connectivity index (χ1v) is 22.9. The van der Waals surface area contributed by atoms with Crippen LogP contribution in [-0.2, 0) is 60.6 Å². The molecule has 59 heavy (non-hydrogen) atoms. The minimum atomic E-state index is -3.06. The Bertz CT molecular complexity index is 1820. The summed E-state index contributed by atoms with van der Waals surface area (Å²) in [6.45, 7) is 43.0. The molecule has 0 fully saturated rings. The molecule has 318 valence electrons. The molecule has 0 unspecified atom stereocenters. The average Bonchev–Trinajstić information content (AvgIpc) is 3.51. The van der Waals surface area contributed by atoms with Gasteiger partial charge in [-0.05, 0) is 93.4 Å². The van der Waals surface area contributed by atoms with Gasteiger partial charge in [-0.2, -0.15) is 5.20 Å². The van der Waals surface area contributed by atoms with Crippen LogP contribution in [0.5, 0.6) is 0 Å². The minimum Gasteiger partial charge on any atom is -1.00 e. The Morgan fingerprint density at radius 3 is 0.949 bits per heavy atom. The molecule has 0 atom stereocenters. The standard InChI is InChI=1S/C54H73Si.3ClH.Ti/c1-49(2,3)39-28-40(50(4,5)6)32-46(31-39)55(45-25-24-38(27-45)26-37-22-20-19-21-23-37,47-33-41(51(7,8)9)29-42(34-47)52(10,11)12)48-35-43(53(13,14)15)30-44(36-48)54(16,17)18;;;;/h19-24,28-36H,25-26H2,1-18H3;3*1H;/q-1;;;;+4/p-3. The Morgan fingerprint density at radius 2 is 0.695 bits per heavy atom. The molecule has 0 heterocycles. The van der Waals surface area contributed by atoms with Crippen molar-refractivity contribution in [3.8, 4) is 0 Å². The largest absolute Gasteiger partial charge is 4.00 e. The van der Waals surface area contributed by atoms with Gasteiger partial charge in [-0.15, -0.1) is 0 Å². The van der Waals surface area contributed by atoms with Crippen LogP contribution in [0.15, 0.2) is 102 Å². The summed E-state index contributed by atoms with van der Waals surface area (Å²) in [6, 6.07) is 34.3. The maximum absolute atomic E-state index is 4.26. The molecule has 0 saturated heterocycles. The second-order valence-corrected chi connectivity index (χ2v) is 26.7. The first kappa shape index (κ1) is 55.2. The molecule has 0 aliphatic heterocycles. The first-order valence-electron chi connectivity index (χ1n) is 20.9. The number of hydrogen-bond donors (Lipinski definition) is 0. The normalized spacial score (nSPS) is 13.9. The molecule has 1 aliphatic rings. The van der Waals surface area contributed by atoms with E-state index in [1.165, 1.54) is 65.3 Å². The van der Waals surface area contributed by atoms with Gasteiger partial charge in [0.2, 0.25) is 0 Å². The third-order valence-electron chi connectivity index (χ3n) is 11.8. The number of hydrogen-bond acceptors (Lipinski definition) is 0. The van der Waals surface area contributed by atoms with Crippen LogP contribution >= 0.6 is 0 Å². The summed E-state index contributed by atoms with van der Waals surface area (Å²) in [5.74, 6) is 0. The van der Waals surface area contributed by atoms with E-state index in [1.807, 2.05) is 0 Å². The zero-order chi connectivity index (χ0) is 41.2. The van der Waals surface area contributed by atoms with Gasteiger partial charge in [0.1, 0.15) is 0 Å². The first-order chi connectivity index (χ1) is 25.0. The zero-order valence-corrected chi connectivity index (χ0v) is 44.5. The predicted molar refractivity (Wildman–Crippen MR) is 246 cm³/mol. The van der Waals surface area contributed by atoms with E-state index in [9.17, 15) is 0 Å². The fourth-order valence-electron chi connectivity index (χ4n) is 7.85. The number of rotatable bonds is 6. The van der Waals surface area contributed by atoms with Crippen LogP contribution in [0, 0.1) is 6.08 Å². The molecular formula is C54H73Cl3SiTi. The molecule has 4 aromatic rings. The van der Waals surface area contributed by atoms with E-state index in [0.29, 0.717) is 0 Å². The molecular weight excluding hydrogens is 831 g/mol. The minimum absolute atomic E-state index is 0. The Kier molecular flexibility index (Phi) is 18.0. The van der Waals surface area contributed by atoms with Gasteiger partial charge in [-0.25, -0.2) is 11.6 Å². The van der Waals surface area contributed by atoms with Crippen LogP contribution in [0.4, 0.5) is 0 Å². The third-order valence-corrected chi connectivity index (χ3v) is 16.5. The van der Waals surface area contributed by atoms with Gasteiger partial charge in [-0.3, -0.25) is 6.08 Å². The molecule has 0 N–H and O–H groups in total. The van der Waals surface area contributed by atoms with Crippen molar-refractivity contribution < 1.29 is 58.9 Å². The molecule has 0 radical (unpaired) electrons. The summed E-state index contributed by atoms with van der Waals surface area (Å²) >= 11 is 0. The molecule has 4 aromatic carbocycles. The molecule has 0 amide bonds. The average molecular weight is 904 g/mol. The molecule has 0 bridgehead atoms. The second-order valence-electron chi connectivity index (χ2n) is 22.8. The fraction of sp³-hybridized carbons (Fsp3) is 0.481. The van der Waals surface area contributed by atoms with Crippen molar-refractivity contribution in [2.75, 3.05) is 0 Å². The molecule has 0 saturated carbocycles. The van der Waals surface area contributed by atoms with E-state index >= 15 is 0 Å². The van der Waals surface area contributed by atoms with Crippen molar-refractivity contribution in [3.05, 3.63) is 147 Å². The summed E-state index contributed by atoms with van der Waals surface area (Å²) in [7, 11) is -3.06. The van der Waals surface area contributed by atoms with Crippen LogP contribution in [0.25, 0.3) is 0 Å². The van der Waals surface area contributed by atoms with Crippen LogP contribution in [-0.4, -0.2) is 8.07 Å². The molecule has 0 nitrogen and oxygen atoms in total. The van der Waals surface area contributed by atoms with Gasteiger partial charge in [-0.1, -0.05) is 216 Å². The molecule has 0 spiro atoms. The Balaban J connectivity index is 0.00000435.